The number of fused-ring (bicyclic) bond motifs is 1. The van der Waals surface area contributed by atoms with Crippen LogP contribution in [0.5, 0.6) is 5.75 Å². The lowest BCUT2D eigenvalue weighted by Gasteiger charge is -2.11. The van der Waals surface area contributed by atoms with Gasteiger partial charge in [0.15, 0.2) is 0 Å². The van der Waals surface area contributed by atoms with Crippen molar-refractivity contribution >= 4 is 17.2 Å². The predicted octanol–water partition coefficient (Wildman–Crippen LogP) is 3.60. The summed E-state index contributed by atoms with van der Waals surface area (Å²) in [6.07, 6.45) is 1.85. The van der Waals surface area contributed by atoms with Crippen molar-refractivity contribution < 1.29 is 9.53 Å². The second kappa shape index (κ2) is 6.12. The summed E-state index contributed by atoms with van der Waals surface area (Å²) in [5, 5.41) is 2.93. The number of para-hydroxylation sites is 2. The molecule has 2 aromatic heterocycles. The van der Waals surface area contributed by atoms with Gasteiger partial charge in [-0.1, -0.05) is 18.2 Å². The van der Waals surface area contributed by atoms with Crippen LogP contribution >= 0.6 is 0 Å². The Hall–Kier alpha value is -2.82. The molecule has 0 saturated heterocycles. The minimum Gasteiger partial charge on any atom is -0.492 e. The first kappa shape index (κ1) is 15.1. The number of rotatable bonds is 4. The second-order valence-electron chi connectivity index (χ2n) is 5.31. The van der Waals surface area contributed by atoms with E-state index in [9.17, 15) is 4.79 Å². The molecule has 0 fully saturated rings. The Morgan fingerprint density at radius 3 is 2.78 bits per heavy atom. The number of anilines is 1. The van der Waals surface area contributed by atoms with Crippen LogP contribution in [0.15, 0.2) is 42.6 Å². The number of nitrogens with one attached hydrogen (secondary N) is 1. The smallest absolute Gasteiger partial charge is 0.274 e. The fraction of sp³-hybridized carbons (Fsp3) is 0.222. The molecule has 23 heavy (non-hydrogen) atoms. The fourth-order valence-electron chi connectivity index (χ4n) is 2.62. The van der Waals surface area contributed by atoms with Crippen molar-refractivity contribution in [1.29, 1.82) is 0 Å². The number of carbonyl (C=O) groups excluding carboxylic acids is 1. The Bertz CT molecular complexity index is 868. The van der Waals surface area contributed by atoms with Gasteiger partial charge in [0.2, 0.25) is 0 Å². The van der Waals surface area contributed by atoms with Crippen LogP contribution in [-0.4, -0.2) is 21.9 Å². The minimum absolute atomic E-state index is 0.201. The fourth-order valence-corrected chi connectivity index (χ4v) is 2.62. The number of benzene rings is 1. The standard InChI is InChI=1S/C18H19N3O2/c1-4-23-15-10-6-5-9-14(15)20-18(22)16-13(3)19-17-12(2)8-7-11-21(16)17/h5-11H,4H2,1-3H3,(H,20,22). The van der Waals surface area contributed by atoms with Crippen LogP contribution in [0.2, 0.25) is 0 Å². The molecule has 0 atom stereocenters. The van der Waals surface area contributed by atoms with Crippen molar-refractivity contribution in [3.8, 4) is 5.75 Å². The zero-order valence-electron chi connectivity index (χ0n) is 13.5. The largest absolute Gasteiger partial charge is 0.492 e. The lowest BCUT2D eigenvalue weighted by Crippen LogP contribution is -2.16. The molecule has 5 heteroatoms. The van der Waals surface area contributed by atoms with E-state index < -0.39 is 0 Å². The minimum atomic E-state index is -0.201. The molecule has 118 valence electrons. The molecule has 0 unspecified atom stereocenters. The average molecular weight is 309 g/mol. The summed E-state index contributed by atoms with van der Waals surface area (Å²) < 4.78 is 7.38. The first-order valence-electron chi connectivity index (χ1n) is 7.59. The summed E-state index contributed by atoms with van der Waals surface area (Å²) in [4.78, 5) is 17.3. The van der Waals surface area contributed by atoms with Gasteiger partial charge in [-0.15, -0.1) is 0 Å². The molecule has 0 spiro atoms. The highest BCUT2D eigenvalue weighted by molar-refractivity contribution is 6.05. The summed E-state index contributed by atoms with van der Waals surface area (Å²) in [5.41, 5.74) is 3.72. The molecule has 3 aromatic rings. The maximum absolute atomic E-state index is 12.8. The number of aryl methyl sites for hydroxylation is 2. The van der Waals surface area contributed by atoms with Crippen molar-refractivity contribution in [3.05, 3.63) is 59.5 Å². The van der Waals surface area contributed by atoms with Crippen LogP contribution in [0, 0.1) is 13.8 Å². The highest BCUT2D eigenvalue weighted by Crippen LogP contribution is 2.25. The molecular weight excluding hydrogens is 290 g/mol. The van der Waals surface area contributed by atoms with Crippen LogP contribution in [0.25, 0.3) is 5.65 Å². The van der Waals surface area contributed by atoms with Gasteiger partial charge in [0.25, 0.3) is 5.91 Å². The Labute approximate surface area is 134 Å². The van der Waals surface area contributed by atoms with E-state index in [0.29, 0.717) is 29.4 Å². The molecule has 1 aromatic carbocycles. The summed E-state index contributed by atoms with van der Waals surface area (Å²) in [7, 11) is 0. The maximum atomic E-state index is 12.8. The van der Waals surface area contributed by atoms with Crippen molar-refractivity contribution in [2.45, 2.75) is 20.8 Å². The van der Waals surface area contributed by atoms with Gasteiger partial charge >= 0.3 is 0 Å². The molecule has 1 amide bonds. The zero-order chi connectivity index (χ0) is 16.4. The average Bonchev–Trinajstić information content (AvgIpc) is 2.87. The van der Waals surface area contributed by atoms with Crippen LogP contribution in [-0.2, 0) is 0 Å². The van der Waals surface area contributed by atoms with Gasteiger partial charge in [-0.25, -0.2) is 4.98 Å². The highest BCUT2D eigenvalue weighted by atomic mass is 16.5. The van der Waals surface area contributed by atoms with Gasteiger partial charge in [-0.05, 0) is 44.5 Å². The number of pyridine rings is 1. The Morgan fingerprint density at radius 2 is 2.00 bits per heavy atom. The number of ether oxygens (including phenoxy) is 1. The van der Waals surface area contributed by atoms with E-state index in [4.69, 9.17) is 4.74 Å². The van der Waals surface area contributed by atoms with Gasteiger partial charge in [0.1, 0.15) is 17.1 Å². The van der Waals surface area contributed by atoms with E-state index >= 15 is 0 Å². The molecule has 0 aliphatic heterocycles. The third-order valence-corrected chi connectivity index (χ3v) is 3.67. The number of hydrogen-bond donors (Lipinski definition) is 1. The second-order valence-corrected chi connectivity index (χ2v) is 5.31. The summed E-state index contributed by atoms with van der Waals surface area (Å²) in [6, 6.07) is 11.3. The molecular formula is C18H19N3O2. The molecule has 2 heterocycles. The van der Waals surface area contributed by atoms with E-state index in [2.05, 4.69) is 10.3 Å². The molecule has 3 rings (SSSR count). The van der Waals surface area contributed by atoms with E-state index in [-0.39, 0.29) is 5.91 Å². The zero-order valence-corrected chi connectivity index (χ0v) is 13.5. The van der Waals surface area contributed by atoms with E-state index in [1.165, 1.54) is 0 Å². The highest BCUT2D eigenvalue weighted by Gasteiger charge is 2.18. The first-order chi connectivity index (χ1) is 11.1. The Morgan fingerprint density at radius 1 is 1.22 bits per heavy atom. The quantitative estimate of drug-likeness (QED) is 0.801. The third-order valence-electron chi connectivity index (χ3n) is 3.67. The Balaban J connectivity index is 1.99. The van der Waals surface area contributed by atoms with Gasteiger partial charge in [-0.2, -0.15) is 0 Å². The van der Waals surface area contributed by atoms with E-state index in [1.54, 1.807) is 0 Å². The molecule has 1 N–H and O–H groups in total. The van der Waals surface area contributed by atoms with E-state index in [1.807, 2.05) is 67.8 Å². The third kappa shape index (κ3) is 2.77. The topological polar surface area (TPSA) is 55.6 Å². The molecule has 5 nitrogen and oxygen atoms in total. The number of amides is 1. The number of imidazole rings is 1. The van der Waals surface area contributed by atoms with E-state index in [0.717, 1.165) is 11.2 Å². The number of carbonyl (C=O) groups is 1. The lowest BCUT2D eigenvalue weighted by atomic mass is 10.2. The number of nitrogens with zero attached hydrogens (tertiary/aromatic N) is 2. The molecule has 0 bridgehead atoms. The van der Waals surface area contributed by atoms with Crippen molar-refractivity contribution in [2.24, 2.45) is 0 Å². The SMILES string of the molecule is CCOc1ccccc1NC(=O)c1c(C)nc2c(C)cccn12. The molecule has 0 radical (unpaired) electrons. The maximum Gasteiger partial charge on any atom is 0.274 e. The summed E-state index contributed by atoms with van der Waals surface area (Å²) >= 11 is 0. The van der Waals surface area contributed by atoms with Gasteiger partial charge in [0.05, 0.1) is 18.0 Å². The monoisotopic (exact) mass is 309 g/mol. The molecule has 0 saturated carbocycles. The molecule has 0 aliphatic carbocycles. The van der Waals surface area contributed by atoms with Gasteiger partial charge in [-0.3, -0.25) is 9.20 Å². The normalized spacial score (nSPS) is 10.7. The van der Waals surface area contributed by atoms with Gasteiger partial charge in [0, 0.05) is 6.20 Å². The predicted molar refractivity (Wildman–Crippen MR) is 90.2 cm³/mol. The lowest BCUT2D eigenvalue weighted by molar-refractivity contribution is 0.102. The first-order valence-corrected chi connectivity index (χ1v) is 7.59. The van der Waals surface area contributed by atoms with Crippen LogP contribution in [0.1, 0.15) is 28.7 Å². The van der Waals surface area contributed by atoms with Crippen LogP contribution in [0.4, 0.5) is 5.69 Å². The summed E-state index contributed by atoms with van der Waals surface area (Å²) in [5.74, 6) is 0.457. The van der Waals surface area contributed by atoms with Crippen LogP contribution in [0.3, 0.4) is 0 Å². The van der Waals surface area contributed by atoms with Crippen molar-refractivity contribution in [2.75, 3.05) is 11.9 Å². The van der Waals surface area contributed by atoms with Crippen LogP contribution < -0.4 is 10.1 Å². The Kier molecular flexibility index (Phi) is 4.02. The summed E-state index contributed by atoms with van der Waals surface area (Å²) in [6.45, 7) is 6.28. The van der Waals surface area contributed by atoms with Crippen molar-refractivity contribution in [3.63, 3.8) is 0 Å². The number of aromatic nitrogens is 2. The number of hydrogen-bond acceptors (Lipinski definition) is 3. The van der Waals surface area contributed by atoms with Gasteiger partial charge < -0.3 is 10.1 Å². The van der Waals surface area contributed by atoms with Crippen molar-refractivity contribution in [1.82, 2.24) is 9.38 Å². The molecule has 0 aliphatic rings.